The normalized spacial score (nSPS) is 12.1. The zero-order chi connectivity index (χ0) is 19.7. The molecule has 0 fully saturated rings. The Balaban J connectivity index is 1.88. The Hall–Kier alpha value is -2.82. The van der Waals surface area contributed by atoms with Gasteiger partial charge in [0, 0.05) is 33.4 Å². The van der Waals surface area contributed by atoms with E-state index in [1.807, 2.05) is 49.4 Å². The minimum absolute atomic E-state index is 0.106. The van der Waals surface area contributed by atoms with E-state index in [-0.39, 0.29) is 5.75 Å². The third-order valence-electron chi connectivity index (χ3n) is 4.57. The number of nitrogens with zero attached hydrogens (tertiary/aromatic N) is 2. The van der Waals surface area contributed by atoms with Crippen molar-refractivity contribution in [3.8, 4) is 5.75 Å². The molecule has 0 amide bonds. The van der Waals surface area contributed by atoms with Gasteiger partial charge in [-0.15, -0.1) is 0 Å². The highest BCUT2D eigenvalue weighted by Gasteiger charge is 2.22. The van der Waals surface area contributed by atoms with Crippen molar-refractivity contribution in [2.24, 2.45) is 0 Å². The number of aryl methyl sites for hydroxylation is 1. The number of anilines is 1. The molecule has 0 aliphatic heterocycles. The lowest BCUT2D eigenvalue weighted by Gasteiger charge is -2.23. The van der Waals surface area contributed by atoms with Gasteiger partial charge in [-0.25, -0.2) is 4.98 Å². The number of hydrogen-bond acceptors (Lipinski definition) is 4. The Morgan fingerprint density at radius 2 is 1.75 bits per heavy atom. The van der Waals surface area contributed by atoms with Gasteiger partial charge in [-0.05, 0) is 48.4 Å². The van der Waals surface area contributed by atoms with Crippen molar-refractivity contribution in [1.29, 1.82) is 0 Å². The first-order valence-corrected chi connectivity index (χ1v) is 9.49. The van der Waals surface area contributed by atoms with Gasteiger partial charge in [0.25, 0.3) is 0 Å². The second-order valence-corrected chi connectivity index (χ2v) is 7.38. The Kier molecular flexibility index (Phi) is 5.07. The summed E-state index contributed by atoms with van der Waals surface area (Å²) in [7, 11) is 0. The quantitative estimate of drug-likeness (QED) is 0.424. The van der Waals surface area contributed by atoms with Crippen LogP contribution < -0.4 is 5.32 Å². The molecule has 0 unspecified atom stereocenters. The number of phenols is 1. The van der Waals surface area contributed by atoms with Gasteiger partial charge < -0.3 is 10.4 Å². The molecule has 4 nitrogen and oxygen atoms in total. The van der Waals surface area contributed by atoms with Crippen LogP contribution in [0, 0.1) is 6.92 Å². The molecular formula is C22H17Cl2N3O. The number of halogens is 2. The van der Waals surface area contributed by atoms with Crippen molar-refractivity contribution in [2.45, 2.75) is 13.0 Å². The first-order valence-electron chi connectivity index (χ1n) is 8.73. The lowest BCUT2D eigenvalue weighted by atomic mass is 9.96. The average Bonchev–Trinajstić information content (AvgIpc) is 2.67. The first kappa shape index (κ1) is 18.5. The minimum Gasteiger partial charge on any atom is -0.505 e. The van der Waals surface area contributed by atoms with Crippen molar-refractivity contribution in [2.75, 3.05) is 5.32 Å². The smallest absolute Gasteiger partial charge is 0.147 e. The molecule has 4 aromatic rings. The Labute approximate surface area is 172 Å². The molecule has 0 saturated carbocycles. The molecule has 4 rings (SSSR count). The summed E-state index contributed by atoms with van der Waals surface area (Å²) in [5.41, 5.74) is 3.04. The number of rotatable bonds is 4. The van der Waals surface area contributed by atoms with Crippen LogP contribution in [-0.2, 0) is 0 Å². The highest BCUT2D eigenvalue weighted by molar-refractivity contribution is 6.35. The van der Waals surface area contributed by atoms with E-state index in [2.05, 4.69) is 15.3 Å². The maximum Gasteiger partial charge on any atom is 0.147 e. The second-order valence-electron chi connectivity index (χ2n) is 6.54. The van der Waals surface area contributed by atoms with Crippen LogP contribution in [-0.4, -0.2) is 15.1 Å². The summed E-state index contributed by atoms with van der Waals surface area (Å²) in [6.07, 6.45) is 3.39. The fraction of sp³-hybridized carbons (Fsp3) is 0.0909. The molecular weight excluding hydrogens is 393 g/mol. The zero-order valence-electron chi connectivity index (χ0n) is 15.0. The summed E-state index contributed by atoms with van der Waals surface area (Å²) >= 11 is 12.6. The SMILES string of the molecule is Cc1ccnc(N[C@H](c2ccc(Cl)cc2Cl)c2ccc3cccnc3c2O)c1. The minimum atomic E-state index is -0.439. The molecule has 0 aliphatic carbocycles. The second kappa shape index (κ2) is 7.66. The third-order valence-corrected chi connectivity index (χ3v) is 5.13. The van der Waals surface area contributed by atoms with E-state index < -0.39 is 6.04 Å². The highest BCUT2D eigenvalue weighted by Crippen LogP contribution is 2.39. The maximum atomic E-state index is 11.0. The molecule has 0 aliphatic rings. The Morgan fingerprint density at radius 3 is 2.54 bits per heavy atom. The van der Waals surface area contributed by atoms with E-state index in [1.165, 1.54) is 0 Å². The molecule has 0 spiro atoms. The predicted molar refractivity (Wildman–Crippen MR) is 114 cm³/mol. The summed E-state index contributed by atoms with van der Waals surface area (Å²) in [4.78, 5) is 8.72. The van der Waals surface area contributed by atoms with Crippen LogP contribution >= 0.6 is 23.2 Å². The lowest BCUT2D eigenvalue weighted by Crippen LogP contribution is -2.14. The standard InChI is InChI=1S/C22H17Cl2N3O/c1-13-8-10-25-19(11-13)27-21(16-7-5-15(23)12-18(16)24)17-6-4-14-3-2-9-26-20(14)22(17)28/h2-12,21,28H,1H3,(H,25,27)/t21-/m1/s1. The van der Waals surface area contributed by atoms with Crippen molar-refractivity contribution < 1.29 is 5.11 Å². The fourth-order valence-corrected chi connectivity index (χ4v) is 3.72. The van der Waals surface area contributed by atoms with Crippen molar-refractivity contribution >= 4 is 39.9 Å². The van der Waals surface area contributed by atoms with E-state index >= 15 is 0 Å². The van der Waals surface area contributed by atoms with E-state index in [0.29, 0.717) is 26.9 Å². The fourth-order valence-electron chi connectivity index (χ4n) is 3.20. The van der Waals surface area contributed by atoms with Gasteiger partial charge in [-0.2, -0.15) is 0 Å². The van der Waals surface area contributed by atoms with Crippen molar-refractivity contribution in [3.63, 3.8) is 0 Å². The monoisotopic (exact) mass is 409 g/mol. The predicted octanol–water partition coefficient (Wildman–Crippen LogP) is 6.15. The molecule has 0 bridgehead atoms. The zero-order valence-corrected chi connectivity index (χ0v) is 16.5. The van der Waals surface area contributed by atoms with Gasteiger partial charge in [0.15, 0.2) is 0 Å². The lowest BCUT2D eigenvalue weighted by molar-refractivity contribution is 0.471. The third kappa shape index (κ3) is 3.61. The number of hydrogen-bond donors (Lipinski definition) is 2. The summed E-state index contributed by atoms with van der Waals surface area (Å²) < 4.78 is 0. The van der Waals surface area contributed by atoms with Crippen LogP contribution in [0.25, 0.3) is 10.9 Å². The van der Waals surface area contributed by atoms with E-state index in [1.54, 1.807) is 24.5 Å². The molecule has 2 aromatic heterocycles. The summed E-state index contributed by atoms with van der Waals surface area (Å²) in [5, 5.41) is 16.3. The largest absolute Gasteiger partial charge is 0.505 e. The molecule has 0 saturated heterocycles. The van der Waals surface area contributed by atoms with Gasteiger partial charge >= 0.3 is 0 Å². The summed E-state index contributed by atoms with van der Waals surface area (Å²) in [5.74, 6) is 0.783. The van der Waals surface area contributed by atoms with Gasteiger partial charge in [0.2, 0.25) is 0 Å². The molecule has 28 heavy (non-hydrogen) atoms. The van der Waals surface area contributed by atoms with E-state index in [9.17, 15) is 5.11 Å². The molecule has 1 atom stereocenters. The van der Waals surface area contributed by atoms with Crippen molar-refractivity contribution in [1.82, 2.24) is 9.97 Å². The molecule has 6 heteroatoms. The number of aromatic nitrogens is 2. The van der Waals surface area contributed by atoms with Gasteiger partial charge in [0.1, 0.15) is 17.1 Å². The Morgan fingerprint density at radius 1 is 0.929 bits per heavy atom. The average molecular weight is 410 g/mol. The van der Waals surface area contributed by atoms with Crippen LogP contribution in [0.5, 0.6) is 5.75 Å². The molecule has 0 radical (unpaired) electrons. The number of pyridine rings is 2. The van der Waals surface area contributed by atoms with Crippen LogP contribution in [0.4, 0.5) is 5.82 Å². The van der Waals surface area contributed by atoms with E-state index in [4.69, 9.17) is 23.2 Å². The number of benzene rings is 2. The summed E-state index contributed by atoms with van der Waals surface area (Å²) in [6.45, 7) is 1.99. The topological polar surface area (TPSA) is 58.0 Å². The summed E-state index contributed by atoms with van der Waals surface area (Å²) in [6, 6.07) is 16.3. The van der Waals surface area contributed by atoms with Gasteiger partial charge in [-0.3, -0.25) is 4.98 Å². The van der Waals surface area contributed by atoms with Crippen LogP contribution in [0.15, 0.2) is 67.0 Å². The molecule has 2 heterocycles. The van der Waals surface area contributed by atoms with Crippen LogP contribution in [0.3, 0.4) is 0 Å². The highest BCUT2D eigenvalue weighted by atomic mass is 35.5. The number of fused-ring (bicyclic) bond motifs is 1. The van der Waals surface area contributed by atoms with Crippen molar-refractivity contribution in [3.05, 3.63) is 93.7 Å². The first-order chi connectivity index (χ1) is 13.5. The maximum absolute atomic E-state index is 11.0. The van der Waals surface area contributed by atoms with E-state index in [0.717, 1.165) is 16.5 Å². The number of nitrogens with one attached hydrogen (secondary N) is 1. The van der Waals surface area contributed by atoms with Crippen LogP contribution in [0.2, 0.25) is 10.0 Å². The Bertz CT molecular complexity index is 1160. The van der Waals surface area contributed by atoms with Crippen LogP contribution in [0.1, 0.15) is 22.7 Å². The number of phenolic OH excluding ortho intramolecular Hbond substituents is 1. The molecule has 2 aromatic carbocycles. The number of aromatic hydroxyl groups is 1. The van der Waals surface area contributed by atoms with Gasteiger partial charge in [-0.1, -0.05) is 47.5 Å². The molecule has 2 N–H and O–H groups in total. The molecule has 140 valence electrons. The van der Waals surface area contributed by atoms with Gasteiger partial charge in [0.05, 0.1) is 6.04 Å².